The molecule has 0 N–H and O–H groups in total. The van der Waals surface area contributed by atoms with E-state index in [9.17, 15) is 0 Å². The Balaban J connectivity index is 1.21. The van der Waals surface area contributed by atoms with Crippen LogP contribution in [0.3, 0.4) is 0 Å². The maximum Gasteiger partial charge on any atom is 0.0555 e. The molecular weight excluding hydrogens is 635 g/mol. The van der Waals surface area contributed by atoms with Crippen molar-refractivity contribution >= 4 is 59.3 Å². The topological polar surface area (TPSA) is 3.24 Å². The highest BCUT2D eigenvalue weighted by Crippen LogP contribution is 2.54. The first-order chi connectivity index (χ1) is 25.1. The largest absolute Gasteiger partial charge is 0.309 e. The summed E-state index contributed by atoms with van der Waals surface area (Å²) in [6.07, 6.45) is 0. The van der Waals surface area contributed by atoms with Gasteiger partial charge in [0.2, 0.25) is 0 Å². The molecule has 0 radical (unpaired) electrons. The first kappa shape index (κ1) is 29.9. The van der Waals surface area contributed by atoms with E-state index >= 15 is 0 Å². The first-order valence-electron chi connectivity index (χ1n) is 17.7. The number of hydrogen-bond donors (Lipinski definition) is 0. The van der Waals surface area contributed by atoms with Gasteiger partial charge in [0.05, 0.1) is 11.4 Å². The maximum atomic E-state index is 2.49. The van der Waals surface area contributed by atoms with Crippen molar-refractivity contribution in [2.75, 3.05) is 4.90 Å². The zero-order valence-corrected chi connectivity index (χ0v) is 29.4. The Morgan fingerprint density at radius 1 is 0.451 bits per heavy atom. The first-order valence-corrected chi connectivity index (χ1v) is 18.5. The molecule has 1 aliphatic carbocycles. The molecule has 0 aliphatic heterocycles. The Labute approximate surface area is 302 Å². The van der Waals surface area contributed by atoms with E-state index in [2.05, 4.69) is 195 Å². The third kappa shape index (κ3) is 4.67. The van der Waals surface area contributed by atoms with Crippen molar-refractivity contribution in [2.45, 2.75) is 19.3 Å². The van der Waals surface area contributed by atoms with Crippen LogP contribution in [0.1, 0.15) is 25.0 Å². The molecular formula is C49H35NS. The maximum absolute atomic E-state index is 2.49. The van der Waals surface area contributed by atoms with Crippen LogP contribution in [0.2, 0.25) is 0 Å². The lowest BCUT2D eigenvalue weighted by Gasteiger charge is -2.29. The lowest BCUT2D eigenvalue weighted by atomic mass is 9.82. The van der Waals surface area contributed by atoms with Gasteiger partial charge in [0.25, 0.3) is 0 Å². The van der Waals surface area contributed by atoms with Crippen LogP contribution in [0.15, 0.2) is 176 Å². The molecule has 0 atom stereocenters. The SMILES string of the molecule is CC1(C)c2ccccc2-c2c(-c3ccccc3N(c3ccc(-c4ccc5ccccc5c4)cc3)c3cccc4sc5ccccc5c34)cccc21. The summed E-state index contributed by atoms with van der Waals surface area (Å²) in [5.41, 5.74) is 13.8. The van der Waals surface area contributed by atoms with Crippen molar-refractivity contribution in [3.8, 4) is 33.4 Å². The van der Waals surface area contributed by atoms with Crippen LogP contribution in [-0.2, 0) is 5.41 Å². The van der Waals surface area contributed by atoms with E-state index in [-0.39, 0.29) is 5.41 Å². The highest BCUT2D eigenvalue weighted by molar-refractivity contribution is 7.26. The molecule has 0 saturated carbocycles. The smallest absolute Gasteiger partial charge is 0.0555 e. The van der Waals surface area contributed by atoms with Crippen molar-refractivity contribution in [3.05, 3.63) is 187 Å². The third-order valence-corrected chi connectivity index (χ3v) is 12.0. The summed E-state index contributed by atoms with van der Waals surface area (Å²) >= 11 is 1.87. The van der Waals surface area contributed by atoms with Crippen LogP contribution in [-0.4, -0.2) is 0 Å². The molecule has 0 saturated heterocycles. The molecule has 1 heterocycles. The van der Waals surface area contributed by atoms with E-state index in [1.54, 1.807) is 0 Å². The van der Waals surface area contributed by atoms with E-state index in [0.717, 1.165) is 11.4 Å². The van der Waals surface area contributed by atoms with Gasteiger partial charge in [-0.3, -0.25) is 0 Å². The van der Waals surface area contributed by atoms with Gasteiger partial charge in [-0.05, 0) is 92.2 Å². The Bertz CT molecular complexity index is 2780. The Morgan fingerprint density at radius 2 is 1.08 bits per heavy atom. The highest BCUT2D eigenvalue weighted by Gasteiger charge is 2.37. The highest BCUT2D eigenvalue weighted by atomic mass is 32.1. The van der Waals surface area contributed by atoms with E-state index in [1.807, 2.05) is 11.3 Å². The summed E-state index contributed by atoms with van der Waals surface area (Å²) < 4.78 is 2.60. The number of benzene rings is 8. The zero-order valence-electron chi connectivity index (χ0n) is 28.6. The molecule has 1 nitrogen and oxygen atoms in total. The van der Waals surface area contributed by atoms with Gasteiger partial charge in [-0.15, -0.1) is 11.3 Å². The van der Waals surface area contributed by atoms with Crippen LogP contribution in [0.25, 0.3) is 64.3 Å². The molecule has 1 aliphatic rings. The summed E-state index contributed by atoms with van der Waals surface area (Å²) in [5, 5.41) is 5.09. The number of anilines is 3. The predicted molar refractivity (Wildman–Crippen MR) is 220 cm³/mol. The van der Waals surface area contributed by atoms with Crippen LogP contribution < -0.4 is 4.90 Å². The minimum Gasteiger partial charge on any atom is -0.309 e. The van der Waals surface area contributed by atoms with E-state index in [4.69, 9.17) is 0 Å². The Hall–Kier alpha value is -5.96. The average molecular weight is 670 g/mol. The Morgan fingerprint density at radius 3 is 1.96 bits per heavy atom. The predicted octanol–water partition coefficient (Wildman–Crippen LogP) is 14.3. The quantitative estimate of drug-likeness (QED) is 0.176. The molecule has 51 heavy (non-hydrogen) atoms. The van der Waals surface area contributed by atoms with Gasteiger partial charge in [-0.1, -0.05) is 147 Å². The molecule has 0 fully saturated rings. The van der Waals surface area contributed by atoms with Crippen molar-refractivity contribution in [1.29, 1.82) is 0 Å². The van der Waals surface area contributed by atoms with Crippen molar-refractivity contribution < 1.29 is 0 Å². The van der Waals surface area contributed by atoms with Gasteiger partial charge in [-0.25, -0.2) is 0 Å². The lowest BCUT2D eigenvalue weighted by molar-refractivity contribution is 0.660. The van der Waals surface area contributed by atoms with Crippen LogP contribution in [0.4, 0.5) is 17.1 Å². The van der Waals surface area contributed by atoms with Gasteiger partial charge in [0.1, 0.15) is 0 Å². The normalized spacial score (nSPS) is 13.1. The number of para-hydroxylation sites is 1. The number of fused-ring (bicyclic) bond motifs is 7. The average Bonchev–Trinajstić information content (AvgIpc) is 3.68. The molecule has 8 aromatic carbocycles. The fourth-order valence-corrected chi connectivity index (χ4v) is 9.52. The monoisotopic (exact) mass is 669 g/mol. The molecule has 0 unspecified atom stereocenters. The third-order valence-electron chi connectivity index (χ3n) is 10.9. The van der Waals surface area contributed by atoms with Crippen LogP contribution in [0, 0.1) is 0 Å². The van der Waals surface area contributed by atoms with Crippen LogP contribution in [0.5, 0.6) is 0 Å². The molecule has 10 rings (SSSR count). The molecule has 1 aromatic heterocycles. The number of hydrogen-bond acceptors (Lipinski definition) is 2. The second-order valence-electron chi connectivity index (χ2n) is 14.1. The van der Waals surface area contributed by atoms with Crippen molar-refractivity contribution in [1.82, 2.24) is 0 Å². The summed E-state index contributed by atoms with van der Waals surface area (Å²) in [5.74, 6) is 0. The molecule has 9 aromatic rings. The zero-order chi connectivity index (χ0) is 34.1. The summed E-state index contributed by atoms with van der Waals surface area (Å²) in [6, 6.07) is 64.9. The fourth-order valence-electron chi connectivity index (χ4n) is 8.40. The van der Waals surface area contributed by atoms with Crippen molar-refractivity contribution in [2.24, 2.45) is 0 Å². The number of nitrogens with zero attached hydrogens (tertiary/aromatic N) is 1. The molecule has 242 valence electrons. The summed E-state index contributed by atoms with van der Waals surface area (Å²) in [6.45, 7) is 4.72. The minimum atomic E-state index is -0.0731. The number of rotatable bonds is 5. The summed E-state index contributed by atoms with van der Waals surface area (Å²) in [7, 11) is 0. The summed E-state index contributed by atoms with van der Waals surface area (Å²) in [4.78, 5) is 2.49. The molecule has 2 heteroatoms. The second kappa shape index (κ2) is 11.6. The van der Waals surface area contributed by atoms with E-state index in [1.165, 1.54) is 81.1 Å². The second-order valence-corrected chi connectivity index (χ2v) is 15.2. The molecule has 0 bridgehead atoms. The van der Waals surface area contributed by atoms with Gasteiger partial charge in [0, 0.05) is 36.8 Å². The van der Waals surface area contributed by atoms with E-state index in [0.29, 0.717) is 0 Å². The van der Waals surface area contributed by atoms with Crippen molar-refractivity contribution in [3.63, 3.8) is 0 Å². The Kier molecular flexibility index (Phi) is 6.78. The minimum absolute atomic E-state index is 0.0731. The standard InChI is InChI=1S/C49H35NS/c1-49(2)41-19-8-5-16-39(41)47-38(18-11-20-42(47)49)37-15-6-9-21-43(37)50(44-22-12-24-46-48(44)40-17-7-10-23-45(40)51-46)36-29-27-33(28-30-36)35-26-25-32-13-3-4-14-34(32)31-35/h3-31H,1-2H3. The fraction of sp³-hybridized carbons (Fsp3) is 0.0612. The van der Waals surface area contributed by atoms with Gasteiger partial charge in [0.15, 0.2) is 0 Å². The van der Waals surface area contributed by atoms with Crippen LogP contribution >= 0.6 is 11.3 Å². The van der Waals surface area contributed by atoms with Gasteiger partial charge >= 0.3 is 0 Å². The number of thiophene rings is 1. The lowest BCUT2D eigenvalue weighted by Crippen LogP contribution is -2.15. The molecule has 0 spiro atoms. The van der Waals surface area contributed by atoms with Gasteiger partial charge in [-0.2, -0.15) is 0 Å². The van der Waals surface area contributed by atoms with Gasteiger partial charge < -0.3 is 4.90 Å². The van der Waals surface area contributed by atoms with E-state index < -0.39 is 0 Å². The molecule has 0 amide bonds.